The van der Waals surface area contributed by atoms with Gasteiger partial charge in [0.05, 0.1) is 10.7 Å². The molecular formula is C14H16BrN3O. The van der Waals surface area contributed by atoms with Crippen molar-refractivity contribution >= 4 is 21.8 Å². The monoisotopic (exact) mass is 321 g/mol. The van der Waals surface area contributed by atoms with E-state index in [0.717, 1.165) is 10.9 Å². The Labute approximate surface area is 120 Å². The third-order valence-corrected chi connectivity index (χ3v) is 3.31. The lowest BCUT2D eigenvalue weighted by Gasteiger charge is -2.12. The third kappa shape index (κ3) is 3.92. The highest BCUT2D eigenvalue weighted by molar-refractivity contribution is 9.10. The Kier molecular flexibility index (Phi) is 4.74. The van der Waals surface area contributed by atoms with Gasteiger partial charge in [-0.2, -0.15) is 5.10 Å². The minimum Gasteiger partial charge on any atom is -0.354 e. The zero-order valence-corrected chi connectivity index (χ0v) is 12.3. The van der Waals surface area contributed by atoms with Gasteiger partial charge in [0.2, 0.25) is 5.91 Å². The highest BCUT2D eigenvalue weighted by Crippen LogP contribution is 2.11. The molecule has 1 aromatic carbocycles. The predicted molar refractivity (Wildman–Crippen MR) is 77.8 cm³/mol. The van der Waals surface area contributed by atoms with Crippen LogP contribution in [0.4, 0.5) is 0 Å². The van der Waals surface area contributed by atoms with Gasteiger partial charge in [0, 0.05) is 12.7 Å². The Bertz CT molecular complexity index is 539. The van der Waals surface area contributed by atoms with Gasteiger partial charge in [0.25, 0.3) is 0 Å². The normalized spacial score (nSPS) is 12.1. The highest BCUT2D eigenvalue weighted by Gasteiger charge is 2.14. The second-order valence-corrected chi connectivity index (χ2v) is 5.26. The molecule has 0 aliphatic heterocycles. The third-order valence-electron chi connectivity index (χ3n) is 2.90. The molecule has 0 saturated carbocycles. The number of aromatic nitrogens is 2. The zero-order valence-electron chi connectivity index (χ0n) is 10.7. The second kappa shape index (κ2) is 6.52. The molecule has 1 amide bonds. The van der Waals surface area contributed by atoms with Crippen LogP contribution in [-0.2, 0) is 11.2 Å². The van der Waals surface area contributed by atoms with Crippen molar-refractivity contribution in [1.82, 2.24) is 15.1 Å². The van der Waals surface area contributed by atoms with E-state index in [2.05, 4.69) is 38.5 Å². The molecule has 0 aliphatic rings. The molecule has 2 rings (SSSR count). The van der Waals surface area contributed by atoms with Gasteiger partial charge >= 0.3 is 0 Å². The maximum atomic E-state index is 12.0. The molecule has 0 aliphatic carbocycles. The summed E-state index contributed by atoms with van der Waals surface area (Å²) in [6.45, 7) is 2.47. The highest BCUT2D eigenvalue weighted by atomic mass is 79.9. The first-order valence-electron chi connectivity index (χ1n) is 6.18. The van der Waals surface area contributed by atoms with Gasteiger partial charge in [-0.05, 0) is 34.8 Å². The van der Waals surface area contributed by atoms with Crippen LogP contribution in [0, 0.1) is 0 Å². The van der Waals surface area contributed by atoms with Gasteiger partial charge in [0.1, 0.15) is 6.04 Å². The number of nitrogens with one attached hydrogen (secondary N) is 1. The molecule has 19 heavy (non-hydrogen) atoms. The van der Waals surface area contributed by atoms with E-state index in [4.69, 9.17) is 0 Å². The SMILES string of the molecule is C[C@H](C(=O)NCCc1ccccc1)n1cc(Br)cn1. The molecule has 1 N–H and O–H groups in total. The summed E-state index contributed by atoms with van der Waals surface area (Å²) >= 11 is 3.32. The molecule has 2 aromatic rings. The number of amides is 1. The number of hydrogen-bond donors (Lipinski definition) is 1. The van der Waals surface area contributed by atoms with Crippen molar-refractivity contribution in [3.05, 3.63) is 52.8 Å². The smallest absolute Gasteiger partial charge is 0.244 e. The van der Waals surface area contributed by atoms with Crippen LogP contribution in [0.25, 0.3) is 0 Å². The number of nitrogens with zero attached hydrogens (tertiary/aromatic N) is 2. The van der Waals surface area contributed by atoms with E-state index in [1.807, 2.05) is 25.1 Å². The molecule has 1 atom stereocenters. The van der Waals surface area contributed by atoms with Crippen LogP contribution in [0.15, 0.2) is 47.2 Å². The van der Waals surface area contributed by atoms with E-state index in [9.17, 15) is 4.79 Å². The molecule has 0 spiro atoms. The summed E-state index contributed by atoms with van der Waals surface area (Å²) in [5.41, 5.74) is 1.22. The molecular weight excluding hydrogens is 306 g/mol. The van der Waals surface area contributed by atoms with Gasteiger partial charge in [-0.15, -0.1) is 0 Å². The summed E-state index contributed by atoms with van der Waals surface area (Å²) < 4.78 is 2.51. The van der Waals surface area contributed by atoms with E-state index < -0.39 is 0 Å². The van der Waals surface area contributed by atoms with Gasteiger partial charge < -0.3 is 5.32 Å². The molecule has 0 bridgehead atoms. The summed E-state index contributed by atoms with van der Waals surface area (Å²) in [6.07, 6.45) is 4.30. The maximum absolute atomic E-state index is 12.0. The molecule has 1 heterocycles. The van der Waals surface area contributed by atoms with Crippen molar-refractivity contribution in [3.63, 3.8) is 0 Å². The van der Waals surface area contributed by atoms with Crippen LogP contribution < -0.4 is 5.32 Å². The lowest BCUT2D eigenvalue weighted by molar-refractivity contribution is -0.124. The first kappa shape index (κ1) is 13.8. The number of benzene rings is 1. The Morgan fingerprint density at radius 2 is 2.16 bits per heavy atom. The van der Waals surface area contributed by atoms with Crippen LogP contribution >= 0.6 is 15.9 Å². The summed E-state index contributed by atoms with van der Waals surface area (Å²) in [5, 5.41) is 7.04. The molecule has 1 aromatic heterocycles. The zero-order chi connectivity index (χ0) is 13.7. The minimum absolute atomic E-state index is 0.0217. The first-order valence-corrected chi connectivity index (χ1v) is 6.97. The molecule has 5 heteroatoms. The fourth-order valence-corrected chi connectivity index (χ4v) is 2.07. The lowest BCUT2D eigenvalue weighted by atomic mass is 10.1. The van der Waals surface area contributed by atoms with Gasteiger partial charge in [-0.3, -0.25) is 9.48 Å². The number of halogens is 1. The Morgan fingerprint density at radius 1 is 1.42 bits per heavy atom. The van der Waals surface area contributed by atoms with Crippen molar-refractivity contribution in [2.24, 2.45) is 0 Å². The van der Waals surface area contributed by atoms with Gasteiger partial charge in [-0.1, -0.05) is 30.3 Å². The summed E-state index contributed by atoms with van der Waals surface area (Å²) in [6, 6.07) is 9.80. The molecule has 0 fully saturated rings. The Hall–Kier alpha value is -1.62. The molecule has 0 saturated heterocycles. The van der Waals surface area contributed by atoms with Crippen molar-refractivity contribution in [3.8, 4) is 0 Å². The molecule has 4 nitrogen and oxygen atoms in total. The van der Waals surface area contributed by atoms with Crippen LogP contribution in [0.5, 0.6) is 0 Å². The quantitative estimate of drug-likeness (QED) is 0.920. The predicted octanol–water partition coefficient (Wildman–Crippen LogP) is 2.57. The van der Waals surface area contributed by atoms with E-state index >= 15 is 0 Å². The van der Waals surface area contributed by atoms with Gasteiger partial charge in [-0.25, -0.2) is 0 Å². The Morgan fingerprint density at radius 3 is 2.79 bits per heavy atom. The van der Waals surface area contributed by atoms with E-state index in [-0.39, 0.29) is 11.9 Å². The summed E-state index contributed by atoms with van der Waals surface area (Å²) in [7, 11) is 0. The van der Waals surface area contributed by atoms with Crippen LogP contribution in [0.3, 0.4) is 0 Å². The first-order chi connectivity index (χ1) is 9.16. The summed E-state index contributed by atoms with van der Waals surface area (Å²) in [5.74, 6) is -0.0217. The van der Waals surface area contributed by atoms with Crippen molar-refractivity contribution in [2.75, 3.05) is 6.54 Å². The van der Waals surface area contributed by atoms with Crippen LogP contribution in [0.2, 0.25) is 0 Å². The standard InChI is InChI=1S/C14H16BrN3O/c1-11(18-10-13(15)9-17-18)14(19)16-8-7-12-5-3-2-4-6-12/h2-6,9-11H,7-8H2,1H3,(H,16,19)/t11-/m1/s1. The van der Waals surface area contributed by atoms with Crippen LogP contribution in [-0.4, -0.2) is 22.2 Å². The molecule has 0 unspecified atom stereocenters. The van der Waals surface area contributed by atoms with E-state index in [0.29, 0.717) is 6.54 Å². The Balaban J connectivity index is 1.81. The number of hydrogen-bond acceptors (Lipinski definition) is 2. The van der Waals surface area contributed by atoms with Crippen molar-refractivity contribution < 1.29 is 4.79 Å². The number of carbonyl (C=O) groups excluding carboxylic acids is 1. The van der Waals surface area contributed by atoms with Gasteiger partial charge in [0.15, 0.2) is 0 Å². The van der Waals surface area contributed by atoms with Crippen LogP contribution in [0.1, 0.15) is 18.5 Å². The van der Waals surface area contributed by atoms with E-state index in [1.165, 1.54) is 5.56 Å². The second-order valence-electron chi connectivity index (χ2n) is 4.34. The maximum Gasteiger partial charge on any atom is 0.244 e. The van der Waals surface area contributed by atoms with Crippen molar-refractivity contribution in [1.29, 1.82) is 0 Å². The number of rotatable bonds is 5. The topological polar surface area (TPSA) is 46.9 Å². The molecule has 100 valence electrons. The fourth-order valence-electron chi connectivity index (χ4n) is 1.77. The largest absolute Gasteiger partial charge is 0.354 e. The number of carbonyl (C=O) groups is 1. The minimum atomic E-state index is -0.304. The van der Waals surface area contributed by atoms with E-state index in [1.54, 1.807) is 17.1 Å². The van der Waals surface area contributed by atoms with Crippen molar-refractivity contribution in [2.45, 2.75) is 19.4 Å². The fraction of sp³-hybridized carbons (Fsp3) is 0.286. The molecule has 0 radical (unpaired) electrons. The lowest BCUT2D eigenvalue weighted by Crippen LogP contribution is -2.32. The summed E-state index contributed by atoms with van der Waals surface area (Å²) in [4.78, 5) is 12.0. The average Bonchev–Trinajstić information content (AvgIpc) is 2.85. The average molecular weight is 322 g/mol.